The average Bonchev–Trinajstić information content (AvgIpc) is 2.47. The standard InChI is InChI=1S/C16H20ClF3O/c1-21-14-8-2-11(3-9-14)10-15(17)12-4-6-13(7-5-12)16(18,19)20/h2-3,8-9,12-13,15H,4-7,10H2,1H3. The minimum Gasteiger partial charge on any atom is -0.497 e. The summed E-state index contributed by atoms with van der Waals surface area (Å²) in [6.07, 6.45) is -1.82. The van der Waals surface area contributed by atoms with E-state index in [-0.39, 0.29) is 24.1 Å². The van der Waals surface area contributed by atoms with E-state index in [4.69, 9.17) is 16.3 Å². The van der Waals surface area contributed by atoms with Gasteiger partial charge in [-0.25, -0.2) is 0 Å². The van der Waals surface area contributed by atoms with Crippen LogP contribution in [0, 0.1) is 11.8 Å². The Labute approximate surface area is 128 Å². The second kappa shape index (κ2) is 6.91. The molecule has 1 aliphatic carbocycles. The van der Waals surface area contributed by atoms with Gasteiger partial charge in [0.15, 0.2) is 0 Å². The third kappa shape index (κ3) is 4.53. The quantitative estimate of drug-likeness (QED) is 0.692. The van der Waals surface area contributed by atoms with Gasteiger partial charge in [-0.3, -0.25) is 0 Å². The van der Waals surface area contributed by atoms with E-state index in [0.717, 1.165) is 11.3 Å². The van der Waals surface area contributed by atoms with Gasteiger partial charge in [-0.1, -0.05) is 12.1 Å². The molecule has 0 N–H and O–H groups in total. The predicted octanol–water partition coefficient (Wildman–Crippen LogP) is 5.21. The Morgan fingerprint density at radius 2 is 1.71 bits per heavy atom. The molecular formula is C16H20ClF3O. The maximum absolute atomic E-state index is 12.6. The molecule has 118 valence electrons. The monoisotopic (exact) mass is 320 g/mol. The van der Waals surface area contributed by atoms with Crippen LogP contribution in [0.15, 0.2) is 24.3 Å². The maximum atomic E-state index is 12.6. The molecule has 1 aliphatic rings. The minimum absolute atomic E-state index is 0.104. The Hall–Kier alpha value is -0.900. The van der Waals surface area contributed by atoms with Crippen LogP contribution in [0.5, 0.6) is 5.75 Å². The van der Waals surface area contributed by atoms with Gasteiger partial charge in [-0.05, 0) is 55.7 Å². The molecule has 0 saturated heterocycles. The summed E-state index contributed by atoms with van der Waals surface area (Å²) in [5.74, 6) is -0.179. The van der Waals surface area contributed by atoms with Crippen molar-refractivity contribution in [3.05, 3.63) is 29.8 Å². The Bertz CT molecular complexity index is 436. The molecular weight excluding hydrogens is 301 g/mol. The van der Waals surface area contributed by atoms with Gasteiger partial charge in [0.1, 0.15) is 5.75 Å². The molecule has 0 aliphatic heterocycles. The number of alkyl halides is 4. The maximum Gasteiger partial charge on any atom is 0.391 e. The molecule has 5 heteroatoms. The van der Waals surface area contributed by atoms with Gasteiger partial charge in [0, 0.05) is 5.38 Å². The van der Waals surface area contributed by atoms with Crippen LogP contribution >= 0.6 is 11.6 Å². The lowest BCUT2D eigenvalue weighted by Crippen LogP contribution is -2.31. The van der Waals surface area contributed by atoms with E-state index in [9.17, 15) is 13.2 Å². The Kier molecular flexibility index (Phi) is 5.42. The molecule has 1 fully saturated rings. The molecule has 1 unspecified atom stereocenters. The van der Waals surface area contributed by atoms with Crippen molar-refractivity contribution in [1.82, 2.24) is 0 Å². The van der Waals surface area contributed by atoms with Crippen LogP contribution in [-0.4, -0.2) is 18.7 Å². The molecule has 21 heavy (non-hydrogen) atoms. The van der Waals surface area contributed by atoms with Crippen molar-refractivity contribution in [2.75, 3.05) is 7.11 Å². The van der Waals surface area contributed by atoms with E-state index in [1.807, 2.05) is 24.3 Å². The van der Waals surface area contributed by atoms with Crippen LogP contribution in [0.3, 0.4) is 0 Å². The highest BCUT2D eigenvalue weighted by molar-refractivity contribution is 6.20. The minimum atomic E-state index is -4.05. The molecule has 0 spiro atoms. The number of halogens is 4. The van der Waals surface area contributed by atoms with Crippen LogP contribution in [0.2, 0.25) is 0 Å². The van der Waals surface area contributed by atoms with E-state index < -0.39 is 12.1 Å². The number of methoxy groups -OCH3 is 1. The Balaban J connectivity index is 1.85. The first-order chi connectivity index (χ1) is 9.90. The second-order valence-electron chi connectivity index (χ2n) is 5.72. The van der Waals surface area contributed by atoms with Crippen LogP contribution in [0.25, 0.3) is 0 Å². The van der Waals surface area contributed by atoms with Crippen molar-refractivity contribution in [1.29, 1.82) is 0 Å². The highest BCUT2D eigenvalue weighted by Gasteiger charge is 2.42. The van der Waals surface area contributed by atoms with Gasteiger partial charge in [-0.2, -0.15) is 13.2 Å². The van der Waals surface area contributed by atoms with E-state index >= 15 is 0 Å². The van der Waals surface area contributed by atoms with Gasteiger partial charge in [0.2, 0.25) is 0 Å². The molecule has 0 amide bonds. The lowest BCUT2D eigenvalue weighted by atomic mass is 9.79. The van der Waals surface area contributed by atoms with Crippen molar-refractivity contribution in [2.24, 2.45) is 11.8 Å². The smallest absolute Gasteiger partial charge is 0.391 e. The van der Waals surface area contributed by atoms with Gasteiger partial charge < -0.3 is 4.74 Å². The Morgan fingerprint density at radius 3 is 2.19 bits per heavy atom. The summed E-state index contributed by atoms with van der Waals surface area (Å²) in [5, 5.41) is -0.104. The first-order valence-corrected chi connectivity index (χ1v) is 7.67. The summed E-state index contributed by atoms with van der Waals surface area (Å²) in [4.78, 5) is 0. The van der Waals surface area contributed by atoms with Crippen LogP contribution in [-0.2, 0) is 6.42 Å². The molecule has 0 bridgehead atoms. The van der Waals surface area contributed by atoms with E-state index in [2.05, 4.69) is 0 Å². The lowest BCUT2D eigenvalue weighted by Gasteiger charge is -2.32. The molecule has 1 nitrogen and oxygen atoms in total. The lowest BCUT2D eigenvalue weighted by molar-refractivity contribution is -0.183. The zero-order valence-corrected chi connectivity index (χ0v) is 12.8. The van der Waals surface area contributed by atoms with Crippen LogP contribution in [0.1, 0.15) is 31.2 Å². The second-order valence-corrected chi connectivity index (χ2v) is 6.28. The summed E-state index contributed by atoms with van der Waals surface area (Å²) >= 11 is 6.42. The summed E-state index contributed by atoms with van der Waals surface area (Å²) in [6.45, 7) is 0. The third-order valence-electron chi connectivity index (χ3n) is 4.34. The Morgan fingerprint density at radius 1 is 1.14 bits per heavy atom. The van der Waals surface area contributed by atoms with Crippen molar-refractivity contribution >= 4 is 11.6 Å². The van der Waals surface area contributed by atoms with Crippen molar-refractivity contribution in [2.45, 2.75) is 43.7 Å². The number of hydrogen-bond acceptors (Lipinski definition) is 1. The first-order valence-electron chi connectivity index (χ1n) is 7.24. The average molecular weight is 321 g/mol. The SMILES string of the molecule is COc1ccc(CC(Cl)C2CCC(C(F)(F)F)CC2)cc1. The summed E-state index contributed by atoms with van der Waals surface area (Å²) < 4.78 is 43.0. The van der Waals surface area contributed by atoms with Gasteiger partial charge in [0.05, 0.1) is 13.0 Å². The fourth-order valence-corrected chi connectivity index (χ4v) is 3.39. The normalized spacial score (nSPS) is 24.6. The number of benzene rings is 1. The zero-order chi connectivity index (χ0) is 15.5. The summed E-state index contributed by atoms with van der Waals surface area (Å²) in [7, 11) is 1.61. The number of hydrogen-bond donors (Lipinski definition) is 0. The summed E-state index contributed by atoms with van der Waals surface area (Å²) in [6, 6.07) is 7.66. The van der Waals surface area contributed by atoms with Crippen LogP contribution in [0.4, 0.5) is 13.2 Å². The highest BCUT2D eigenvalue weighted by atomic mass is 35.5. The number of rotatable bonds is 4. The van der Waals surface area contributed by atoms with Crippen molar-refractivity contribution in [3.8, 4) is 5.75 Å². The molecule has 0 aromatic heterocycles. The van der Waals surface area contributed by atoms with Crippen molar-refractivity contribution < 1.29 is 17.9 Å². The fourth-order valence-electron chi connectivity index (χ4n) is 2.96. The zero-order valence-electron chi connectivity index (χ0n) is 12.0. The van der Waals surface area contributed by atoms with E-state index in [0.29, 0.717) is 19.3 Å². The molecule has 1 aromatic carbocycles. The number of ether oxygens (including phenoxy) is 1. The molecule has 0 radical (unpaired) electrons. The van der Waals surface area contributed by atoms with Crippen molar-refractivity contribution in [3.63, 3.8) is 0 Å². The molecule has 1 aromatic rings. The predicted molar refractivity (Wildman–Crippen MR) is 77.8 cm³/mol. The molecule has 1 atom stereocenters. The molecule has 1 saturated carbocycles. The van der Waals surface area contributed by atoms with Crippen LogP contribution < -0.4 is 4.74 Å². The van der Waals surface area contributed by atoms with Gasteiger partial charge in [0.25, 0.3) is 0 Å². The highest BCUT2D eigenvalue weighted by Crippen LogP contribution is 2.41. The molecule has 2 rings (SSSR count). The fraction of sp³-hybridized carbons (Fsp3) is 0.625. The van der Waals surface area contributed by atoms with Gasteiger partial charge in [-0.15, -0.1) is 11.6 Å². The third-order valence-corrected chi connectivity index (χ3v) is 4.85. The van der Waals surface area contributed by atoms with E-state index in [1.165, 1.54) is 0 Å². The van der Waals surface area contributed by atoms with E-state index in [1.54, 1.807) is 7.11 Å². The first kappa shape index (κ1) is 16.5. The molecule has 0 heterocycles. The van der Waals surface area contributed by atoms with Gasteiger partial charge >= 0.3 is 6.18 Å². The largest absolute Gasteiger partial charge is 0.497 e. The summed E-state index contributed by atoms with van der Waals surface area (Å²) in [5.41, 5.74) is 1.09. The topological polar surface area (TPSA) is 9.23 Å².